The summed E-state index contributed by atoms with van der Waals surface area (Å²) in [4.78, 5) is 0. The number of rotatable bonds is 0. The second kappa shape index (κ2) is 6.64. The quantitative estimate of drug-likeness (QED) is 0.507. The molecule has 3 heteroatoms. The van der Waals surface area contributed by atoms with Crippen molar-refractivity contribution in [3.8, 4) is 0 Å². The molecule has 1 fully saturated rings. The third kappa shape index (κ3) is 5.17. The van der Waals surface area contributed by atoms with Crippen LogP contribution in [0, 0.1) is 0 Å². The molecule has 0 aromatic heterocycles. The Kier molecular flexibility index (Phi) is 5.81. The lowest BCUT2D eigenvalue weighted by molar-refractivity contribution is 0.584. The van der Waals surface area contributed by atoms with Gasteiger partial charge in [0.2, 0.25) is 0 Å². The van der Waals surface area contributed by atoms with Gasteiger partial charge < -0.3 is 0 Å². The largest absolute Gasteiger partial charge is 0.0774 e. The van der Waals surface area contributed by atoms with Gasteiger partial charge in [0.05, 0.1) is 23.5 Å². The maximum absolute atomic E-state index is 5.99. The Bertz CT molecular complexity index is 133. The second-order valence-corrected chi connectivity index (χ2v) is 4.72. The molecule has 6 radical (unpaired) electrons. The summed E-state index contributed by atoms with van der Waals surface area (Å²) < 4.78 is 0. The van der Waals surface area contributed by atoms with Crippen molar-refractivity contribution >= 4 is 23.5 Å². The van der Waals surface area contributed by atoms with Gasteiger partial charge in [0.25, 0.3) is 0 Å². The van der Waals surface area contributed by atoms with E-state index in [1.54, 1.807) is 0 Å². The van der Waals surface area contributed by atoms with E-state index < -0.39 is 0 Å². The normalized spacial score (nSPS) is 37.3. The third-order valence-corrected chi connectivity index (χ3v) is 3.21. The van der Waals surface area contributed by atoms with E-state index in [1.165, 1.54) is 12.8 Å². The van der Waals surface area contributed by atoms with Crippen LogP contribution in [0.15, 0.2) is 0 Å². The van der Waals surface area contributed by atoms with Crippen molar-refractivity contribution in [1.29, 1.82) is 0 Å². The summed E-state index contributed by atoms with van der Waals surface area (Å²) in [6, 6.07) is 0. The summed E-state index contributed by atoms with van der Waals surface area (Å²) in [5.41, 5.74) is 0. The first kappa shape index (κ1) is 12.3. The minimum absolute atomic E-state index is 0.339. The molecule has 2 unspecified atom stereocenters. The third-order valence-electron chi connectivity index (χ3n) is 3.21. The average molecular weight is 184 g/mol. The van der Waals surface area contributed by atoms with Gasteiger partial charge in [0.15, 0.2) is 0 Å². The van der Waals surface area contributed by atoms with Crippen LogP contribution in [0.4, 0.5) is 0 Å². The van der Waals surface area contributed by atoms with Crippen LogP contribution in [0.5, 0.6) is 0 Å². The van der Waals surface area contributed by atoms with Gasteiger partial charge in [-0.25, -0.2) is 0 Å². The lowest BCUT2D eigenvalue weighted by Crippen LogP contribution is -1.97. The summed E-state index contributed by atoms with van der Waals surface area (Å²) >= 11 is 0. The van der Waals surface area contributed by atoms with Crippen molar-refractivity contribution in [1.82, 2.24) is 0 Å². The van der Waals surface area contributed by atoms with E-state index in [2.05, 4.69) is 0 Å². The first-order chi connectivity index (χ1) is 6.68. The van der Waals surface area contributed by atoms with Gasteiger partial charge in [-0.1, -0.05) is 68.8 Å². The topological polar surface area (TPSA) is 0 Å². The van der Waals surface area contributed by atoms with Crippen LogP contribution in [0.25, 0.3) is 0 Å². The lowest BCUT2D eigenvalue weighted by atomic mass is 9.73. The van der Waals surface area contributed by atoms with E-state index in [0.29, 0.717) is 17.5 Å². The van der Waals surface area contributed by atoms with Gasteiger partial charge >= 0.3 is 0 Å². The Hall–Kier alpha value is 0.195. The highest BCUT2D eigenvalue weighted by Crippen LogP contribution is 2.29. The highest BCUT2D eigenvalue weighted by Gasteiger charge is 2.10. The molecule has 0 aromatic carbocycles. The summed E-state index contributed by atoms with van der Waals surface area (Å²) in [5, 5.41) is 0. The molecule has 0 N–H and O–H groups in total. The summed E-state index contributed by atoms with van der Waals surface area (Å²) in [6.45, 7) is 0. The molecule has 72 valence electrons. The predicted octanol–water partition coefficient (Wildman–Crippen LogP) is 2.99. The van der Waals surface area contributed by atoms with Crippen LogP contribution >= 0.6 is 0 Å². The predicted molar refractivity (Wildman–Crippen MR) is 65.4 cm³/mol. The first-order valence-corrected chi connectivity index (χ1v) is 5.95. The second-order valence-electron chi connectivity index (χ2n) is 4.72. The minimum Gasteiger partial charge on any atom is -0.0774 e. The van der Waals surface area contributed by atoms with Crippen molar-refractivity contribution in [2.24, 2.45) is 0 Å². The molecular weight excluding hydrogens is 165 g/mol. The number of hydrogen-bond donors (Lipinski definition) is 0. The average Bonchev–Trinajstić information content (AvgIpc) is 2.16. The lowest BCUT2D eigenvalue weighted by Gasteiger charge is -2.14. The molecule has 0 spiro atoms. The maximum Gasteiger partial charge on any atom is 0.0699 e. The van der Waals surface area contributed by atoms with Crippen molar-refractivity contribution in [3.63, 3.8) is 0 Å². The van der Waals surface area contributed by atoms with Crippen LogP contribution < -0.4 is 0 Å². The zero-order valence-corrected chi connectivity index (χ0v) is 9.12. The Morgan fingerprint density at radius 2 is 0.786 bits per heavy atom. The summed E-state index contributed by atoms with van der Waals surface area (Å²) in [5.74, 6) is 1.05. The molecule has 0 heterocycles. The van der Waals surface area contributed by atoms with Gasteiger partial charge in [0, 0.05) is 0 Å². The highest BCUT2D eigenvalue weighted by molar-refractivity contribution is 6.13. The minimum atomic E-state index is 0.339. The molecular formula is C11H19B3. The molecule has 1 saturated carbocycles. The Morgan fingerprint density at radius 1 is 0.500 bits per heavy atom. The molecule has 1 aliphatic carbocycles. The van der Waals surface area contributed by atoms with Gasteiger partial charge in [-0.05, 0) is 0 Å². The molecule has 14 heavy (non-hydrogen) atoms. The standard InChI is InChI=1S/C11H19B3/c12-9-3-1-5-10(13)7-8-11(14)6-2-4-9/h9-11H,1-8H2. The van der Waals surface area contributed by atoms with E-state index in [4.69, 9.17) is 23.5 Å². The molecule has 0 aromatic rings. The van der Waals surface area contributed by atoms with Crippen LogP contribution in [0.2, 0.25) is 17.5 Å². The highest BCUT2D eigenvalue weighted by atomic mass is 14.1. The molecule has 2 atom stereocenters. The molecule has 0 saturated heterocycles. The van der Waals surface area contributed by atoms with Crippen LogP contribution in [-0.2, 0) is 0 Å². The zero-order chi connectivity index (χ0) is 10.4. The molecule has 0 amide bonds. The van der Waals surface area contributed by atoms with E-state index in [1.807, 2.05) is 0 Å². The van der Waals surface area contributed by atoms with Crippen molar-refractivity contribution < 1.29 is 0 Å². The van der Waals surface area contributed by atoms with Crippen LogP contribution in [0.3, 0.4) is 0 Å². The Balaban J connectivity index is 2.33. The fraction of sp³-hybridized carbons (Fsp3) is 1.00. The summed E-state index contributed by atoms with van der Waals surface area (Å²) in [6.07, 6.45) is 8.99. The van der Waals surface area contributed by atoms with E-state index >= 15 is 0 Å². The fourth-order valence-corrected chi connectivity index (χ4v) is 2.15. The fourth-order valence-electron chi connectivity index (χ4n) is 2.15. The van der Waals surface area contributed by atoms with Crippen LogP contribution in [-0.4, -0.2) is 23.5 Å². The van der Waals surface area contributed by atoms with Crippen molar-refractivity contribution in [2.75, 3.05) is 0 Å². The van der Waals surface area contributed by atoms with E-state index in [-0.39, 0.29) is 0 Å². The van der Waals surface area contributed by atoms with Gasteiger partial charge in [-0.15, -0.1) is 0 Å². The smallest absolute Gasteiger partial charge is 0.0699 e. The molecule has 1 aliphatic rings. The SMILES string of the molecule is [B]C1CCCC([B])CCC([B])CCC1. The monoisotopic (exact) mass is 184 g/mol. The van der Waals surface area contributed by atoms with Gasteiger partial charge in [-0.2, -0.15) is 0 Å². The molecule has 0 aliphatic heterocycles. The van der Waals surface area contributed by atoms with Crippen molar-refractivity contribution in [2.45, 2.75) is 68.8 Å². The van der Waals surface area contributed by atoms with Gasteiger partial charge in [-0.3, -0.25) is 0 Å². The Morgan fingerprint density at radius 3 is 1.14 bits per heavy atom. The van der Waals surface area contributed by atoms with E-state index in [0.717, 1.165) is 38.5 Å². The van der Waals surface area contributed by atoms with Gasteiger partial charge in [0.1, 0.15) is 0 Å². The molecule has 0 nitrogen and oxygen atoms in total. The van der Waals surface area contributed by atoms with E-state index in [9.17, 15) is 0 Å². The number of hydrogen-bond acceptors (Lipinski definition) is 0. The molecule has 1 rings (SSSR count). The molecule has 0 bridgehead atoms. The first-order valence-electron chi connectivity index (χ1n) is 5.95. The van der Waals surface area contributed by atoms with Crippen molar-refractivity contribution in [3.05, 3.63) is 0 Å². The maximum atomic E-state index is 5.99. The zero-order valence-electron chi connectivity index (χ0n) is 9.12. The Labute approximate surface area is 92.8 Å². The van der Waals surface area contributed by atoms with Crippen LogP contribution in [0.1, 0.15) is 51.4 Å². The summed E-state index contributed by atoms with van der Waals surface area (Å²) in [7, 11) is 18.0.